The molecule has 0 atom stereocenters. The van der Waals surface area contributed by atoms with Crippen molar-refractivity contribution in [2.75, 3.05) is 0 Å². The normalized spacial score (nSPS) is 11.5. The summed E-state index contributed by atoms with van der Waals surface area (Å²) < 4.78 is 7.32. The van der Waals surface area contributed by atoms with E-state index in [-0.39, 0.29) is 0 Å². The van der Waals surface area contributed by atoms with Crippen LogP contribution in [0.15, 0.2) is 133 Å². The molecule has 51 heavy (non-hydrogen) atoms. The summed E-state index contributed by atoms with van der Waals surface area (Å²) in [6.45, 7) is 14.9. The highest BCUT2D eigenvalue weighted by Crippen LogP contribution is 2.46. The zero-order chi connectivity index (χ0) is 34.2. The maximum Gasteiger partial charge on any atom is 0.188 e. The minimum atomic E-state index is 0.593. The summed E-state index contributed by atoms with van der Waals surface area (Å²) in [4.78, 5) is 7.23. The molecule has 0 amide bonds. The molecule has 0 saturated heterocycles. The molecular weight excluding hydrogens is 661 g/mol. The zero-order valence-electron chi connectivity index (χ0n) is 26.8. The second kappa shape index (κ2) is 11.1. The fourth-order valence-electron chi connectivity index (χ4n) is 7.46. The molecule has 10 aromatic rings. The van der Waals surface area contributed by atoms with Crippen molar-refractivity contribution in [1.82, 2.24) is 4.57 Å². The first kappa shape index (κ1) is 29.2. The molecule has 7 aromatic carbocycles. The van der Waals surface area contributed by atoms with Crippen LogP contribution in [0.3, 0.4) is 0 Å². The first-order valence-electron chi connectivity index (χ1n) is 16.4. The molecule has 6 heteroatoms. The lowest BCUT2D eigenvalue weighted by atomic mass is 9.99. The fourth-order valence-corrected chi connectivity index (χ4v) is 9.97. The van der Waals surface area contributed by atoms with Crippen LogP contribution >= 0.6 is 22.7 Å². The summed E-state index contributed by atoms with van der Waals surface area (Å²) >= 11 is 3.68. The minimum Gasteiger partial charge on any atom is -0.309 e. The predicted molar refractivity (Wildman–Crippen MR) is 215 cm³/mol. The van der Waals surface area contributed by atoms with E-state index < -0.39 is 0 Å². The van der Waals surface area contributed by atoms with Crippen LogP contribution in [0, 0.1) is 24.5 Å². The van der Waals surface area contributed by atoms with Gasteiger partial charge in [-0.05, 0) is 76.7 Å². The van der Waals surface area contributed by atoms with E-state index in [1.165, 1.54) is 40.3 Å². The summed E-state index contributed by atoms with van der Waals surface area (Å²) in [5.41, 5.74) is 9.17. The Hall–Kier alpha value is -6.75. The Morgan fingerprint density at radius 3 is 1.84 bits per heavy atom. The molecular formula is C45H22N4S2. The lowest BCUT2D eigenvalue weighted by molar-refractivity contribution is 1.18. The highest BCUT2D eigenvalue weighted by molar-refractivity contribution is 7.33. The van der Waals surface area contributed by atoms with Crippen LogP contribution in [0.5, 0.6) is 0 Å². The van der Waals surface area contributed by atoms with Crippen molar-refractivity contribution in [1.29, 1.82) is 5.26 Å². The monoisotopic (exact) mass is 682 g/mol. The Morgan fingerprint density at radius 2 is 1.14 bits per heavy atom. The number of fused-ring (bicyclic) bond motifs is 10. The van der Waals surface area contributed by atoms with Crippen molar-refractivity contribution in [3.63, 3.8) is 0 Å². The maximum absolute atomic E-state index is 9.98. The number of nitriles is 1. The fraction of sp³-hybridized carbons (Fsp3) is 0. The van der Waals surface area contributed by atoms with Gasteiger partial charge in [-0.15, -0.1) is 22.7 Å². The number of benzene rings is 7. The molecule has 3 aromatic heterocycles. The van der Waals surface area contributed by atoms with Crippen molar-refractivity contribution >= 4 is 96.2 Å². The third kappa shape index (κ3) is 4.41. The van der Waals surface area contributed by atoms with E-state index in [0.717, 1.165) is 49.7 Å². The van der Waals surface area contributed by atoms with Crippen LogP contribution in [-0.4, -0.2) is 4.57 Å². The van der Waals surface area contributed by atoms with Gasteiger partial charge in [0.05, 0.1) is 50.9 Å². The number of rotatable bonds is 3. The molecule has 3 heterocycles. The molecule has 4 nitrogen and oxygen atoms in total. The van der Waals surface area contributed by atoms with Gasteiger partial charge in [0.1, 0.15) is 0 Å². The van der Waals surface area contributed by atoms with Crippen LogP contribution in [0.4, 0.5) is 11.4 Å². The van der Waals surface area contributed by atoms with Gasteiger partial charge in [0.15, 0.2) is 11.4 Å². The summed E-state index contributed by atoms with van der Waals surface area (Å²) in [6.07, 6.45) is 0. The van der Waals surface area contributed by atoms with Gasteiger partial charge in [-0.1, -0.05) is 78.9 Å². The minimum absolute atomic E-state index is 0.593. The second-order valence-electron chi connectivity index (χ2n) is 12.6. The van der Waals surface area contributed by atoms with Gasteiger partial charge in [0.25, 0.3) is 0 Å². The van der Waals surface area contributed by atoms with Crippen molar-refractivity contribution < 1.29 is 0 Å². The van der Waals surface area contributed by atoms with Crippen molar-refractivity contribution in [3.05, 3.63) is 162 Å². The van der Waals surface area contributed by atoms with E-state index >= 15 is 0 Å². The molecule has 0 aliphatic rings. The third-order valence-corrected chi connectivity index (χ3v) is 12.4. The average Bonchev–Trinajstić information content (AvgIpc) is 3.86. The smallest absolute Gasteiger partial charge is 0.188 e. The summed E-state index contributed by atoms with van der Waals surface area (Å²) in [7, 11) is 0. The standard InChI is InChI=1S/C45H22N4S2/c1-47-30-12-8-27(9-13-30)28-10-19-42-37(22-28)34-16-17-35-38-23-29(11-20-43(38)51-45(35)44(34)50-42)32-15-7-26(25-46)21-41(32)49-39-6-4-3-5-33(39)36-24-31(48-2)14-18-40(36)49/h3-24H. The van der Waals surface area contributed by atoms with Crippen LogP contribution < -0.4 is 0 Å². The Balaban J connectivity index is 1.16. The van der Waals surface area contributed by atoms with Gasteiger partial charge in [0.2, 0.25) is 0 Å². The molecule has 0 fully saturated rings. The highest BCUT2D eigenvalue weighted by atomic mass is 32.1. The lowest BCUT2D eigenvalue weighted by Crippen LogP contribution is -1.98. The number of para-hydroxylation sites is 1. The van der Waals surface area contributed by atoms with E-state index in [0.29, 0.717) is 16.9 Å². The van der Waals surface area contributed by atoms with E-state index in [2.05, 4.69) is 87.1 Å². The average molecular weight is 683 g/mol. The Bertz CT molecular complexity index is 3230. The van der Waals surface area contributed by atoms with Crippen LogP contribution in [0.25, 0.3) is 99.8 Å². The summed E-state index contributed by atoms with van der Waals surface area (Å²) in [6, 6.07) is 48.2. The van der Waals surface area contributed by atoms with Gasteiger partial charge >= 0.3 is 0 Å². The van der Waals surface area contributed by atoms with Gasteiger partial charge in [-0.3, -0.25) is 0 Å². The SMILES string of the molecule is [C-]#[N+]c1ccc(-c2ccc3sc4c(ccc5c6cc(-c7ccc(C#N)cc7-n7c8ccccc8c8cc([N+]#[C-])ccc87)ccc6sc54)c3c2)cc1. The molecule has 0 radical (unpaired) electrons. The van der Waals surface area contributed by atoms with Crippen LogP contribution in [0.1, 0.15) is 5.56 Å². The van der Waals surface area contributed by atoms with E-state index in [1.54, 1.807) is 0 Å². The van der Waals surface area contributed by atoms with Crippen molar-refractivity contribution in [3.8, 4) is 34.0 Å². The Kier molecular flexibility index (Phi) is 6.38. The highest BCUT2D eigenvalue weighted by Gasteiger charge is 2.19. The number of nitrogens with zero attached hydrogens (tertiary/aromatic N) is 4. The topological polar surface area (TPSA) is 37.4 Å². The molecule has 0 aliphatic carbocycles. The summed E-state index contributed by atoms with van der Waals surface area (Å²) in [5.74, 6) is 0. The van der Waals surface area contributed by atoms with Crippen LogP contribution in [-0.2, 0) is 0 Å². The van der Waals surface area contributed by atoms with E-state index in [9.17, 15) is 5.26 Å². The lowest BCUT2D eigenvalue weighted by Gasteiger charge is -2.15. The largest absolute Gasteiger partial charge is 0.309 e. The summed E-state index contributed by atoms with van der Waals surface area (Å²) in [5, 5.41) is 17.0. The quantitative estimate of drug-likeness (QED) is 0.171. The molecule has 0 aliphatic heterocycles. The third-order valence-electron chi connectivity index (χ3n) is 9.87. The van der Waals surface area contributed by atoms with E-state index in [4.69, 9.17) is 13.1 Å². The molecule has 0 unspecified atom stereocenters. The van der Waals surface area contributed by atoms with Gasteiger partial charge in [-0.25, -0.2) is 9.69 Å². The number of hydrogen-bond acceptors (Lipinski definition) is 3. The Morgan fingerprint density at radius 1 is 0.510 bits per heavy atom. The van der Waals surface area contributed by atoms with Gasteiger partial charge < -0.3 is 4.57 Å². The molecule has 10 rings (SSSR count). The predicted octanol–water partition coefficient (Wildman–Crippen LogP) is 13.8. The molecule has 0 saturated carbocycles. The van der Waals surface area contributed by atoms with Gasteiger partial charge in [0, 0.05) is 41.9 Å². The Labute approximate surface area is 300 Å². The number of hydrogen-bond donors (Lipinski definition) is 0. The van der Waals surface area contributed by atoms with Gasteiger partial charge in [-0.2, -0.15) is 5.26 Å². The molecule has 0 N–H and O–H groups in total. The first-order chi connectivity index (χ1) is 25.1. The van der Waals surface area contributed by atoms with E-state index in [1.807, 2.05) is 89.4 Å². The van der Waals surface area contributed by atoms with Crippen molar-refractivity contribution in [2.45, 2.75) is 0 Å². The zero-order valence-corrected chi connectivity index (χ0v) is 28.4. The number of aromatic nitrogens is 1. The van der Waals surface area contributed by atoms with Crippen molar-refractivity contribution in [2.24, 2.45) is 0 Å². The molecule has 0 spiro atoms. The number of thiophene rings is 2. The molecule has 234 valence electrons. The first-order valence-corrected chi connectivity index (χ1v) is 18.0. The van der Waals surface area contributed by atoms with Crippen LogP contribution in [0.2, 0.25) is 0 Å². The second-order valence-corrected chi connectivity index (χ2v) is 14.7. The maximum atomic E-state index is 9.98. The molecule has 0 bridgehead atoms.